The van der Waals surface area contributed by atoms with Gasteiger partial charge in [0, 0.05) is 27.5 Å². The molecule has 11 rings (SSSR count). The van der Waals surface area contributed by atoms with Crippen molar-refractivity contribution < 1.29 is 0 Å². The highest BCUT2D eigenvalue weighted by atomic mass is 14.9. The first-order valence-electron chi connectivity index (χ1n) is 20.3. The molecule has 0 spiro atoms. The Bertz CT molecular complexity index is 3080. The Hall–Kier alpha value is -6.90. The Kier molecular flexibility index (Phi) is 7.59. The highest BCUT2D eigenvalue weighted by Gasteiger charge is 2.38. The number of nitrogens with zero attached hydrogens (tertiary/aromatic N) is 2. The monoisotopic (exact) mass is 742 g/mol. The van der Waals surface area contributed by atoms with Crippen molar-refractivity contribution in [1.29, 1.82) is 0 Å². The Balaban J connectivity index is 0.980. The topological polar surface area (TPSA) is 25.8 Å². The van der Waals surface area contributed by atoms with Gasteiger partial charge in [0.15, 0.2) is 5.82 Å². The molecule has 0 aliphatic heterocycles. The van der Waals surface area contributed by atoms with Crippen molar-refractivity contribution in [3.63, 3.8) is 0 Å². The molecule has 2 aliphatic carbocycles. The van der Waals surface area contributed by atoms with Crippen molar-refractivity contribution in [1.82, 2.24) is 9.97 Å². The predicted octanol–water partition coefficient (Wildman–Crippen LogP) is 14.6. The molecule has 58 heavy (non-hydrogen) atoms. The van der Waals surface area contributed by atoms with Gasteiger partial charge in [0.05, 0.1) is 11.4 Å². The van der Waals surface area contributed by atoms with Crippen molar-refractivity contribution in [2.75, 3.05) is 0 Å². The molecule has 1 heterocycles. The molecule has 0 saturated carbocycles. The van der Waals surface area contributed by atoms with Gasteiger partial charge in [0.1, 0.15) is 0 Å². The van der Waals surface area contributed by atoms with Gasteiger partial charge >= 0.3 is 0 Å². The molecule has 8 aromatic carbocycles. The molecule has 0 N–H and O–H groups in total. The molecule has 0 unspecified atom stereocenters. The standard InChI is InChI=1S/C56H42N2/c1-55(2)46-21-11-10-18-44(46)52-42(19-12-22-47(52)55)35-24-28-37(29-25-35)50-34-51(58-54(57-50)39-14-6-5-7-15-39)38-30-26-36(27-31-38)43-20-13-23-48-53(43)45-32-40-16-8-9-17-41(40)33-49(45)56(48,3)4/h5-34H,1-4H3. The quantitative estimate of drug-likeness (QED) is 0.175. The molecule has 0 saturated heterocycles. The lowest BCUT2D eigenvalue weighted by Crippen LogP contribution is -2.14. The minimum Gasteiger partial charge on any atom is -0.228 e. The smallest absolute Gasteiger partial charge is 0.160 e. The molecule has 9 aromatic rings. The highest BCUT2D eigenvalue weighted by Crippen LogP contribution is 2.54. The van der Waals surface area contributed by atoms with E-state index in [4.69, 9.17) is 9.97 Å². The van der Waals surface area contributed by atoms with E-state index in [1.165, 1.54) is 77.5 Å². The molecule has 0 radical (unpaired) electrons. The molecular formula is C56H42N2. The van der Waals surface area contributed by atoms with Crippen LogP contribution >= 0.6 is 0 Å². The van der Waals surface area contributed by atoms with E-state index in [1.54, 1.807) is 0 Å². The minimum absolute atomic E-state index is 0.0376. The Labute approximate surface area is 340 Å². The van der Waals surface area contributed by atoms with E-state index in [-0.39, 0.29) is 10.8 Å². The van der Waals surface area contributed by atoms with Crippen LogP contribution in [-0.2, 0) is 10.8 Å². The lowest BCUT2D eigenvalue weighted by molar-refractivity contribution is 0.660. The average Bonchev–Trinajstić information content (AvgIpc) is 3.65. The van der Waals surface area contributed by atoms with Crippen LogP contribution in [0.25, 0.3) is 89.2 Å². The van der Waals surface area contributed by atoms with Gasteiger partial charge in [-0.15, -0.1) is 0 Å². The molecule has 0 bridgehead atoms. The fourth-order valence-corrected chi connectivity index (χ4v) is 9.81. The van der Waals surface area contributed by atoms with Gasteiger partial charge in [-0.3, -0.25) is 0 Å². The maximum Gasteiger partial charge on any atom is 0.160 e. The van der Waals surface area contributed by atoms with E-state index in [9.17, 15) is 0 Å². The summed E-state index contributed by atoms with van der Waals surface area (Å²) >= 11 is 0. The van der Waals surface area contributed by atoms with Crippen LogP contribution in [0.15, 0.2) is 182 Å². The minimum atomic E-state index is -0.0858. The molecule has 2 nitrogen and oxygen atoms in total. The van der Waals surface area contributed by atoms with Crippen molar-refractivity contribution in [2.24, 2.45) is 0 Å². The second-order valence-electron chi connectivity index (χ2n) is 17.0. The maximum atomic E-state index is 5.17. The average molecular weight is 743 g/mol. The van der Waals surface area contributed by atoms with Crippen molar-refractivity contribution in [2.45, 2.75) is 38.5 Å². The van der Waals surface area contributed by atoms with E-state index in [2.05, 4.69) is 191 Å². The lowest BCUT2D eigenvalue weighted by Gasteiger charge is -2.22. The normalized spacial score (nSPS) is 14.1. The largest absolute Gasteiger partial charge is 0.228 e. The van der Waals surface area contributed by atoms with Crippen LogP contribution in [0.5, 0.6) is 0 Å². The van der Waals surface area contributed by atoms with Crippen LogP contribution < -0.4 is 0 Å². The number of benzene rings is 8. The third-order valence-electron chi connectivity index (χ3n) is 12.9. The first-order valence-corrected chi connectivity index (χ1v) is 20.3. The maximum absolute atomic E-state index is 5.17. The molecule has 2 heteroatoms. The summed E-state index contributed by atoms with van der Waals surface area (Å²) < 4.78 is 0. The summed E-state index contributed by atoms with van der Waals surface area (Å²) in [4.78, 5) is 10.3. The van der Waals surface area contributed by atoms with Crippen molar-refractivity contribution in [3.05, 3.63) is 204 Å². The van der Waals surface area contributed by atoms with Crippen LogP contribution in [0.1, 0.15) is 49.9 Å². The third-order valence-corrected chi connectivity index (χ3v) is 12.9. The first-order chi connectivity index (χ1) is 28.3. The second kappa shape index (κ2) is 12.8. The summed E-state index contributed by atoms with van der Waals surface area (Å²) in [6, 6.07) is 66.2. The van der Waals surface area contributed by atoms with Gasteiger partial charge < -0.3 is 0 Å². The Morgan fingerprint density at radius 2 is 0.759 bits per heavy atom. The Morgan fingerprint density at radius 3 is 1.36 bits per heavy atom. The molecule has 0 amide bonds. The van der Waals surface area contributed by atoms with Crippen molar-refractivity contribution >= 4 is 10.8 Å². The van der Waals surface area contributed by atoms with Crippen LogP contribution in [0.3, 0.4) is 0 Å². The zero-order chi connectivity index (χ0) is 39.2. The predicted molar refractivity (Wildman–Crippen MR) is 242 cm³/mol. The molecule has 0 fully saturated rings. The molecule has 1 aromatic heterocycles. The molecule has 2 aliphatic rings. The summed E-state index contributed by atoms with van der Waals surface area (Å²) in [6.45, 7) is 9.39. The van der Waals surface area contributed by atoms with Gasteiger partial charge in [-0.05, 0) is 95.7 Å². The third kappa shape index (κ3) is 5.25. The number of rotatable bonds is 5. The first kappa shape index (κ1) is 34.4. The second-order valence-corrected chi connectivity index (χ2v) is 17.0. The Morgan fingerprint density at radius 1 is 0.310 bits per heavy atom. The van der Waals surface area contributed by atoms with Gasteiger partial charge in [-0.1, -0.05) is 191 Å². The number of aromatic nitrogens is 2. The van der Waals surface area contributed by atoms with Crippen LogP contribution in [-0.4, -0.2) is 9.97 Å². The molecule has 276 valence electrons. The van der Waals surface area contributed by atoms with Crippen LogP contribution in [0.2, 0.25) is 0 Å². The van der Waals surface area contributed by atoms with E-state index in [1.807, 2.05) is 18.2 Å². The summed E-state index contributed by atoms with van der Waals surface area (Å²) in [5, 5.41) is 2.56. The SMILES string of the molecule is CC1(C)c2ccccc2-c2c(-c3ccc(-c4cc(-c5ccc(-c6cccc7c6-c6cc8ccccc8cc6C7(C)C)cc5)nc(-c5ccccc5)n4)cc3)cccc21. The zero-order valence-corrected chi connectivity index (χ0v) is 33.2. The summed E-state index contributed by atoms with van der Waals surface area (Å²) in [7, 11) is 0. The van der Waals surface area contributed by atoms with E-state index in [0.29, 0.717) is 5.82 Å². The number of fused-ring (bicyclic) bond motifs is 7. The van der Waals surface area contributed by atoms with E-state index < -0.39 is 0 Å². The molecular weight excluding hydrogens is 701 g/mol. The van der Waals surface area contributed by atoms with E-state index in [0.717, 1.165) is 28.1 Å². The van der Waals surface area contributed by atoms with Gasteiger partial charge in [0.25, 0.3) is 0 Å². The van der Waals surface area contributed by atoms with Gasteiger partial charge in [-0.25, -0.2) is 9.97 Å². The van der Waals surface area contributed by atoms with Gasteiger partial charge in [0.2, 0.25) is 0 Å². The van der Waals surface area contributed by atoms with Crippen LogP contribution in [0.4, 0.5) is 0 Å². The molecule has 0 atom stereocenters. The van der Waals surface area contributed by atoms with Gasteiger partial charge in [-0.2, -0.15) is 0 Å². The van der Waals surface area contributed by atoms with Crippen LogP contribution in [0, 0.1) is 0 Å². The summed E-state index contributed by atoms with van der Waals surface area (Å²) in [5.41, 5.74) is 20.6. The fraction of sp³-hybridized carbons (Fsp3) is 0.107. The number of hydrogen-bond acceptors (Lipinski definition) is 2. The fourth-order valence-electron chi connectivity index (χ4n) is 9.81. The highest BCUT2D eigenvalue weighted by molar-refractivity contribution is 5.99. The van der Waals surface area contributed by atoms with E-state index >= 15 is 0 Å². The summed E-state index contributed by atoms with van der Waals surface area (Å²) in [6.07, 6.45) is 0. The van der Waals surface area contributed by atoms with Crippen molar-refractivity contribution in [3.8, 4) is 78.4 Å². The summed E-state index contributed by atoms with van der Waals surface area (Å²) in [5.74, 6) is 0.716. The lowest BCUT2D eigenvalue weighted by atomic mass is 9.81. The zero-order valence-electron chi connectivity index (χ0n) is 33.2. The number of hydrogen-bond donors (Lipinski definition) is 0.